The first-order valence-corrected chi connectivity index (χ1v) is 15.1. The van der Waals surface area contributed by atoms with E-state index in [4.69, 9.17) is 9.57 Å². The van der Waals surface area contributed by atoms with Gasteiger partial charge in [0, 0.05) is 43.2 Å². The number of sulfonamides is 1. The SMILES string of the molecule is CCC1(c2ccc(F)cc2)ON=C2/C(=C/c3ccc(-n4cnc(C)c4)c(OC)c3)CC3(CN21)CN(S(C)(=O)=O)C3. The molecule has 2 saturated heterocycles. The molecule has 0 amide bonds. The number of oxime groups is 1. The first kappa shape index (κ1) is 26.5. The van der Waals surface area contributed by atoms with Crippen LogP contribution in [0.1, 0.15) is 36.6 Å². The monoisotopic (exact) mass is 565 g/mol. The number of piperidine rings is 1. The Labute approximate surface area is 233 Å². The van der Waals surface area contributed by atoms with Crippen LogP contribution in [-0.4, -0.2) is 66.0 Å². The summed E-state index contributed by atoms with van der Waals surface area (Å²) in [5.41, 5.74) is 3.23. The Kier molecular flexibility index (Phi) is 6.26. The lowest BCUT2D eigenvalue weighted by molar-refractivity contribution is -0.128. The second-order valence-electron chi connectivity index (χ2n) is 11.0. The summed E-state index contributed by atoms with van der Waals surface area (Å²) in [6, 6.07) is 12.3. The number of benzene rings is 2. The Balaban J connectivity index is 1.41. The van der Waals surface area contributed by atoms with Gasteiger partial charge >= 0.3 is 0 Å². The highest BCUT2D eigenvalue weighted by Crippen LogP contribution is 2.50. The maximum Gasteiger partial charge on any atom is 0.237 e. The minimum atomic E-state index is -3.30. The highest BCUT2D eigenvalue weighted by atomic mass is 32.2. The molecular weight excluding hydrogens is 533 g/mol. The van der Waals surface area contributed by atoms with Crippen molar-refractivity contribution in [1.82, 2.24) is 18.8 Å². The van der Waals surface area contributed by atoms with Crippen molar-refractivity contribution in [2.75, 3.05) is 33.0 Å². The third-order valence-corrected chi connectivity index (χ3v) is 9.32. The van der Waals surface area contributed by atoms with E-state index in [2.05, 4.69) is 21.1 Å². The zero-order valence-electron chi connectivity index (χ0n) is 23.0. The molecule has 1 atom stereocenters. The van der Waals surface area contributed by atoms with Crippen molar-refractivity contribution in [2.24, 2.45) is 10.6 Å². The van der Waals surface area contributed by atoms with Gasteiger partial charge in [0.15, 0.2) is 5.84 Å². The van der Waals surface area contributed by atoms with Crippen LogP contribution in [0.5, 0.6) is 5.75 Å². The second-order valence-corrected chi connectivity index (χ2v) is 13.0. The van der Waals surface area contributed by atoms with Gasteiger partial charge in [-0.3, -0.25) is 0 Å². The van der Waals surface area contributed by atoms with Crippen molar-refractivity contribution in [1.29, 1.82) is 0 Å². The number of hydrogen-bond donors (Lipinski definition) is 0. The molecule has 0 saturated carbocycles. The van der Waals surface area contributed by atoms with Gasteiger partial charge in [0.1, 0.15) is 11.6 Å². The van der Waals surface area contributed by atoms with E-state index >= 15 is 0 Å². The molecule has 0 bridgehead atoms. The third kappa shape index (κ3) is 4.37. The number of aryl methyl sites for hydroxylation is 1. The molecule has 9 nitrogen and oxygen atoms in total. The maximum atomic E-state index is 13.8. The van der Waals surface area contributed by atoms with E-state index in [9.17, 15) is 12.8 Å². The molecular formula is C29H32FN5O4S. The number of halogens is 1. The van der Waals surface area contributed by atoms with Crippen molar-refractivity contribution < 1.29 is 22.4 Å². The molecule has 3 aromatic rings. The molecule has 0 aliphatic carbocycles. The first-order valence-electron chi connectivity index (χ1n) is 13.2. The lowest BCUT2D eigenvalue weighted by Crippen LogP contribution is -2.66. The number of imidazole rings is 1. The fraction of sp³-hybridized carbons (Fsp3) is 0.379. The van der Waals surface area contributed by atoms with Crippen LogP contribution in [0.25, 0.3) is 11.8 Å². The highest BCUT2D eigenvalue weighted by molar-refractivity contribution is 7.88. The number of aromatic nitrogens is 2. The fourth-order valence-corrected chi connectivity index (χ4v) is 7.11. The van der Waals surface area contributed by atoms with E-state index in [1.807, 2.05) is 42.8 Å². The summed E-state index contributed by atoms with van der Waals surface area (Å²) in [6.45, 7) is 5.35. The summed E-state index contributed by atoms with van der Waals surface area (Å²) in [6.07, 6.45) is 8.22. The van der Waals surface area contributed by atoms with Crippen LogP contribution in [0, 0.1) is 18.2 Å². The Bertz CT molecular complexity index is 1630. The summed E-state index contributed by atoms with van der Waals surface area (Å²) in [4.78, 5) is 12.6. The van der Waals surface area contributed by atoms with Crippen LogP contribution >= 0.6 is 0 Å². The Morgan fingerprint density at radius 1 is 1.15 bits per heavy atom. The predicted octanol–water partition coefficient (Wildman–Crippen LogP) is 4.29. The van der Waals surface area contributed by atoms with Gasteiger partial charge in [0.05, 0.1) is 31.1 Å². The van der Waals surface area contributed by atoms with Crippen LogP contribution in [0.2, 0.25) is 0 Å². The standard InChI is InChI=1S/C29H32FN5O4S/c1-5-29(23-7-9-24(30)10-8-23)35-18-28(16-34(17-28)40(4,36)37)14-22(27(35)32-39-29)12-21-6-11-25(26(13-21)38-3)33-15-20(2)31-19-33/h6-13,15,19H,5,14,16-18H2,1-4H3/b22-12+. The largest absolute Gasteiger partial charge is 0.495 e. The average Bonchev–Trinajstić information content (AvgIpc) is 3.51. The van der Waals surface area contributed by atoms with E-state index in [-0.39, 0.29) is 11.2 Å². The molecule has 210 valence electrons. The van der Waals surface area contributed by atoms with Gasteiger partial charge < -0.3 is 19.0 Å². The van der Waals surface area contributed by atoms with Crippen LogP contribution in [0.15, 0.2) is 65.7 Å². The van der Waals surface area contributed by atoms with E-state index in [1.165, 1.54) is 22.7 Å². The predicted molar refractivity (Wildman–Crippen MR) is 150 cm³/mol. The molecule has 1 spiro atoms. The molecule has 40 heavy (non-hydrogen) atoms. The molecule has 1 aromatic heterocycles. The van der Waals surface area contributed by atoms with Crippen LogP contribution in [-0.2, 0) is 20.6 Å². The minimum Gasteiger partial charge on any atom is -0.495 e. The smallest absolute Gasteiger partial charge is 0.237 e. The summed E-state index contributed by atoms with van der Waals surface area (Å²) >= 11 is 0. The Hall–Kier alpha value is -3.70. The summed E-state index contributed by atoms with van der Waals surface area (Å²) in [7, 11) is -1.66. The lowest BCUT2D eigenvalue weighted by atomic mass is 9.71. The Morgan fingerprint density at radius 2 is 1.90 bits per heavy atom. The number of amidine groups is 1. The number of ether oxygens (including phenoxy) is 1. The number of methoxy groups -OCH3 is 1. The van der Waals surface area contributed by atoms with Crippen LogP contribution in [0.4, 0.5) is 4.39 Å². The second kappa shape index (κ2) is 9.45. The van der Waals surface area contributed by atoms with Crippen molar-refractivity contribution in [3.63, 3.8) is 0 Å². The highest BCUT2D eigenvalue weighted by Gasteiger charge is 2.58. The van der Waals surface area contributed by atoms with Gasteiger partial charge in [-0.05, 0) is 54.8 Å². The fourth-order valence-electron chi connectivity index (χ4n) is 6.09. The first-order chi connectivity index (χ1) is 19.1. The van der Waals surface area contributed by atoms with Gasteiger partial charge in [-0.25, -0.2) is 22.1 Å². The molecule has 2 aromatic carbocycles. The molecule has 1 unspecified atom stereocenters. The zero-order chi connectivity index (χ0) is 28.3. The quantitative estimate of drug-likeness (QED) is 0.443. The number of rotatable bonds is 6. The lowest BCUT2D eigenvalue weighted by Gasteiger charge is -2.55. The summed E-state index contributed by atoms with van der Waals surface area (Å²) in [5.74, 6) is 1.08. The van der Waals surface area contributed by atoms with E-state index in [1.54, 1.807) is 25.6 Å². The summed E-state index contributed by atoms with van der Waals surface area (Å²) in [5, 5.41) is 4.57. The molecule has 0 N–H and O–H groups in total. The van der Waals surface area contributed by atoms with Gasteiger partial charge in [-0.15, -0.1) is 0 Å². The van der Waals surface area contributed by atoms with Crippen LogP contribution in [0.3, 0.4) is 0 Å². The van der Waals surface area contributed by atoms with Crippen molar-refractivity contribution in [3.05, 3.63) is 83.2 Å². The van der Waals surface area contributed by atoms with E-state index in [0.717, 1.165) is 28.1 Å². The molecule has 11 heteroatoms. The van der Waals surface area contributed by atoms with Gasteiger partial charge in [-0.2, -0.15) is 0 Å². The molecule has 2 fully saturated rings. The number of hydrogen-bond acceptors (Lipinski definition) is 7. The summed E-state index contributed by atoms with van der Waals surface area (Å²) < 4.78 is 47.5. The minimum absolute atomic E-state index is 0.305. The van der Waals surface area contributed by atoms with Gasteiger partial charge in [-0.1, -0.05) is 30.3 Å². The zero-order valence-corrected chi connectivity index (χ0v) is 23.8. The number of fused-ring (bicyclic) bond motifs is 1. The molecule has 4 heterocycles. The van der Waals surface area contributed by atoms with Crippen LogP contribution < -0.4 is 4.74 Å². The van der Waals surface area contributed by atoms with Gasteiger partial charge in [0.25, 0.3) is 0 Å². The topological polar surface area (TPSA) is 89.3 Å². The Morgan fingerprint density at radius 3 is 2.52 bits per heavy atom. The maximum absolute atomic E-state index is 13.8. The van der Waals surface area contributed by atoms with E-state index < -0.39 is 15.7 Å². The van der Waals surface area contributed by atoms with Crippen molar-refractivity contribution >= 4 is 21.9 Å². The average molecular weight is 566 g/mol. The number of nitrogens with zero attached hydrogens (tertiary/aromatic N) is 5. The molecule has 3 aliphatic rings. The molecule has 3 aliphatic heterocycles. The van der Waals surface area contributed by atoms with Crippen molar-refractivity contribution in [3.8, 4) is 11.4 Å². The van der Waals surface area contributed by atoms with Crippen molar-refractivity contribution in [2.45, 2.75) is 32.4 Å². The molecule has 6 rings (SSSR count). The van der Waals surface area contributed by atoms with E-state index in [0.29, 0.717) is 44.1 Å². The van der Waals surface area contributed by atoms with Gasteiger partial charge in [0.2, 0.25) is 15.7 Å². The normalized spacial score (nSPS) is 23.1. The third-order valence-electron chi connectivity index (χ3n) is 8.12. The molecule has 0 radical (unpaired) electrons.